The van der Waals surface area contributed by atoms with Gasteiger partial charge in [-0.1, -0.05) is 30.3 Å². The molecule has 1 aromatic heterocycles. The van der Waals surface area contributed by atoms with E-state index in [9.17, 15) is 18.0 Å². The number of aryl methyl sites for hydroxylation is 2. The molecule has 1 N–H and O–H groups in total. The van der Waals surface area contributed by atoms with E-state index in [0.717, 1.165) is 10.1 Å². The fraction of sp³-hybridized carbons (Fsp3) is 0.222. The number of fused-ring (bicyclic) bond motifs is 1. The Morgan fingerprint density at radius 3 is 2.08 bits per heavy atom. The molecule has 0 saturated carbocycles. The maximum atomic E-state index is 12.7. The molecule has 1 atom stereocenters. The highest BCUT2D eigenvalue weighted by atomic mass is 32.2. The van der Waals surface area contributed by atoms with Crippen molar-refractivity contribution >= 4 is 21.1 Å². The van der Waals surface area contributed by atoms with Crippen molar-refractivity contribution in [1.29, 1.82) is 0 Å². The van der Waals surface area contributed by atoms with Gasteiger partial charge in [0, 0.05) is 20.1 Å². The molecule has 0 amide bonds. The van der Waals surface area contributed by atoms with Crippen LogP contribution >= 0.6 is 0 Å². The zero-order chi connectivity index (χ0) is 19.1. The van der Waals surface area contributed by atoms with Crippen molar-refractivity contribution in [2.75, 3.05) is 0 Å². The molecule has 0 aliphatic carbocycles. The largest absolute Gasteiger partial charge is 0.316 e. The molecule has 3 aromatic rings. The third-order valence-corrected chi connectivity index (χ3v) is 5.94. The van der Waals surface area contributed by atoms with Crippen molar-refractivity contribution < 1.29 is 8.42 Å². The van der Waals surface area contributed by atoms with Crippen LogP contribution in [0, 0.1) is 0 Å². The summed E-state index contributed by atoms with van der Waals surface area (Å²) in [6, 6.07) is 13.2. The van der Waals surface area contributed by atoms with Crippen molar-refractivity contribution in [3.63, 3.8) is 0 Å². The molecule has 1 unspecified atom stereocenters. The van der Waals surface area contributed by atoms with Crippen LogP contribution in [0.1, 0.15) is 18.5 Å². The Kier molecular flexibility index (Phi) is 4.55. The Morgan fingerprint density at radius 1 is 0.885 bits per heavy atom. The number of nitrogens with zero attached hydrogens (tertiary/aromatic N) is 2. The maximum Gasteiger partial charge on any atom is 0.316 e. The van der Waals surface area contributed by atoms with E-state index in [1.54, 1.807) is 6.92 Å². The maximum absolute atomic E-state index is 12.7. The highest BCUT2D eigenvalue weighted by Gasteiger charge is 2.20. The van der Waals surface area contributed by atoms with Gasteiger partial charge in [-0.05, 0) is 30.7 Å². The molecule has 0 bridgehead atoms. The summed E-state index contributed by atoms with van der Waals surface area (Å²) in [5.41, 5.74) is 0.317. The van der Waals surface area contributed by atoms with Crippen LogP contribution in [0.4, 0.5) is 0 Å². The number of hydrogen-bond acceptors (Lipinski definition) is 4. The number of sulfonamides is 1. The molecular formula is C18H19N3O4S. The topological polar surface area (TPSA) is 90.2 Å². The average molecular weight is 373 g/mol. The third kappa shape index (κ3) is 3.09. The van der Waals surface area contributed by atoms with E-state index in [4.69, 9.17) is 0 Å². The van der Waals surface area contributed by atoms with Crippen LogP contribution in [0.5, 0.6) is 0 Å². The first kappa shape index (κ1) is 18.1. The SMILES string of the molecule is CC(NS(=O)(=O)c1ccc2c(c1)n(C)c(=O)c(=O)n2C)c1ccccc1. The number of aromatic nitrogens is 2. The van der Waals surface area contributed by atoms with Gasteiger partial charge in [0.15, 0.2) is 0 Å². The average Bonchev–Trinajstić information content (AvgIpc) is 2.64. The second-order valence-electron chi connectivity index (χ2n) is 6.13. The Bertz CT molecular complexity index is 1190. The number of nitrogens with one attached hydrogen (secondary N) is 1. The van der Waals surface area contributed by atoms with Crippen molar-refractivity contribution in [3.05, 3.63) is 74.8 Å². The van der Waals surface area contributed by atoms with E-state index in [1.165, 1.54) is 36.9 Å². The molecule has 0 saturated heterocycles. The summed E-state index contributed by atoms with van der Waals surface area (Å²) in [6.45, 7) is 1.76. The summed E-state index contributed by atoms with van der Waals surface area (Å²) in [5.74, 6) is 0. The predicted octanol–water partition coefficient (Wildman–Crippen LogP) is 1.28. The zero-order valence-corrected chi connectivity index (χ0v) is 15.4. The molecule has 0 fully saturated rings. The molecule has 0 aliphatic rings. The van der Waals surface area contributed by atoms with E-state index in [-0.39, 0.29) is 4.90 Å². The standard InChI is InChI=1S/C18H19N3O4S/c1-12(13-7-5-4-6-8-13)19-26(24,25)14-9-10-15-16(11-14)21(3)18(23)17(22)20(15)2/h4-12,19H,1-3H3. The highest BCUT2D eigenvalue weighted by molar-refractivity contribution is 7.89. The Labute approximate surface area is 150 Å². The number of rotatable bonds is 4. The Morgan fingerprint density at radius 2 is 1.46 bits per heavy atom. The summed E-state index contributed by atoms with van der Waals surface area (Å²) >= 11 is 0. The molecule has 7 nitrogen and oxygen atoms in total. The van der Waals surface area contributed by atoms with Gasteiger partial charge in [0.25, 0.3) is 0 Å². The van der Waals surface area contributed by atoms with Crippen LogP contribution in [0.3, 0.4) is 0 Å². The van der Waals surface area contributed by atoms with Gasteiger partial charge in [0.05, 0.1) is 15.9 Å². The summed E-state index contributed by atoms with van der Waals surface area (Å²) in [7, 11) is -0.875. The minimum absolute atomic E-state index is 0.0291. The Hall–Kier alpha value is -2.71. The van der Waals surface area contributed by atoms with Crippen molar-refractivity contribution in [2.45, 2.75) is 17.9 Å². The monoisotopic (exact) mass is 373 g/mol. The molecule has 0 aliphatic heterocycles. The molecule has 136 valence electrons. The van der Waals surface area contributed by atoms with E-state index < -0.39 is 27.2 Å². The van der Waals surface area contributed by atoms with Gasteiger partial charge in [-0.2, -0.15) is 0 Å². The lowest BCUT2D eigenvalue weighted by atomic mass is 10.1. The van der Waals surface area contributed by atoms with Gasteiger partial charge in [-0.25, -0.2) is 13.1 Å². The quantitative estimate of drug-likeness (QED) is 0.698. The molecule has 3 rings (SSSR count). The lowest BCUT2D eigenvalue weighted by Gasteiger charge is -2.16. The fourth-order valence-corrected chi connectivity index (χ4v) is 4.09. The van der Waals surface area contributed by atoms with E-state index in [1.807, 2.05) is 30.3 Å². The lowest BCUT2D eigenvalue weighted by molar-refractivity contribution is 0.567. The van der Waals surface area contributed by atoms with E-state index in [2.05, 4.69) is 4.72 Å². The number of hydrogen-bond donors (Lipinski definition) is 1. The molecule has 1 heterocycles. The first-order valence-electron chi connectivity index (χ1n) is 7.99. The molecule has 2 aromatic carbocycles. The smallest absolute Gasteiger partial charge is 0.305 e. The second-order valence-corrected chi connectivity index (χ2v) is 7.85. The zero-order valence-electron chi connectivity index (χ0n) is 14.6. The molecule has 0 spiro atoms. The molecular weight excluding hydrogens is 354 g/mol. The summed E-state index contributed by atoms with van der Waals surface area (Å²) < 4.78 is 30.5. The Balaban J connectivity index is 2.07. The molecule has 0 radical (unpaired) electrons. The van der Waals surface area contributed by atoms with Crippen LogP contribution in [0.15, 0.2) is 63.0 Å². The van der Waals surface area contributed by atoms with E-state index in [0.29, 0.717) is 11.0 Å². The summed E-state index contributed by atoms with van der Waals surface area (Å²) in [6.07, 6.45) is 0. The van der Waals surface area contributed by atoms with Gasteiger partial charge in [-0.15, -0.1) is 0 Å². The van der Waals surface area contributed by atoms with Gasteiger partial charge in [0.1, 0.15) is 0 Å². The minimum atomic E-state index is -3.80. The van der Waals surface area contributed by atoms with Gasteiger partial charge in [-0.3, -0.25) is 9.59 Å². The highest BCUT2D eigenvalue weighted by Crippen LogP contribution is 2.20. The van der Waals surface area contributed by atoms with Gasteiger partial charge in [0.2, 0.25) is 10.0 Å². The van der Waals surface area contributed by atoms with Gasteiger partial charge < -0.3 is 9.13 Å². The van der Waals surface area contributed by atoms with Crippen LogP contribution in [0.2, 0.25) is 0 Å². The van der Waals surface area contributed by atoms with Crippen LogP contribution in [-0.2, 0) is 24.1 Å². The first-order chi connectivity index (χ1) is 12.2. The number of benzene rings is 2. The van der Waals surface area contributed by atoms with Crippen LogP contribution < -0.4 is 15.8 Å². The van der Waals surface area contributed by atoms with Crippen molar-refractivity contribution in [1.82, 2.24) is 13.9 Å². The summed E-state index contributed by atoms with van der Waals surface area (Å²) in [4.78, 5) is 23.9. The minimum Gasteiger partial charge on any atom is -0.305 e. The second kappa shape index (κ2) is 6.54. The molecule has 26 heavy (non-hydrogen) atoms. The first-order valence-corrected chi connectivity index (χ1v) is 9.48. The van der Waals surface area contributed by atoms with Crippen molar-refractivity contribution in [3.8, 4) is 0 Å². The molecule has 8 heteroatoms. The van der Waals surface area contributed by atoms with Crippen LogP contribution in [0.25, 0.3) is 11.0 Å². The van der Waals surface area contributed by atoms with E-state index >= 15 is 0 Å². The predicted molar refractivity (Wildman–Crippen MR) is 99.6 cm³/mol. The summed E-state index contributed by atoms with van der Waals surface area (Å²) in [5, 5.41) is 0. The van der Waals surface area contributed by atoms with Crippen LogP contribution in [-0.4, -0.2) is 17.6 Å². The van der Waals surface area contributed by atoms with Gasteiger partial charge >= 0.3 is 11.1 Å². The fourth-order valence-electron chi connectivity index (χ4n) is 2.84. The lowest BCUT2D eigenvalue weighted by Crippen LogP contribution is -2.39. The van der Waals surface area contributed by atoms with Crippen molar-refractivity contribution in [2.24, 2.45) is 14.1 Å². The normalized spacial score (nSPS) is 13.0. The third-order valence-electron chi connectivity index (χ3n) is 4.40.